The van der Waals surface area contributed by atoms with Gasteiger partial charge < -0.3 is 10.5 Å². The summed E-state index contributed by atoms with van der Waals surface area (Å²) >= 11 is 4.65. The van der Waals surface area contributed by atoms with Gasteiger partial charge >= 0.3 is 0 Å². The molecule has 0 spiro atoms. The number of thiocarbonyl (C=S) groups is 1. The highest BCUT2D eigenvalue weighted by Gasteiger charge is 2.07. The van der Waals surface area contributed by atoms with Crippen LogP contribution in [0.3, 0.4) is 0 Å². The van der Waals surface area contributed by atoms with Gasteiger partial charge in [-0.1, -0.05) is 18.2 Å². The largest absolute Gasteiger partial charge is 0.485 e. The zero-order valence-corrected chi connectivity index (χ0v) is 10.1. The van der Waals surface area contributed by atoms with Gasteiger partial charge in [0.05, 0.1) is 5.71 Å². The van der Waals surface area contributed by atoms with Crippen molar-refractivity contribution in [2.45, 2.75) is 20.0 Å². The second-order valence-corrected chi connectivity index (χ2v) is 3.74. The fraction of sp³-hybridized carbons (Fsp3) is 0.273. The molecule has 0 aliphatic rings. The van der Waals surface area contributed by atoms with Gasteiger partial charge in [-0.05, 0) is 38.2 Å². The zero-order valence-electron chi connectivity index (χ0n) is 9.31. The molecule has 0 aliphatic heterocycles. The van der Waals surface area contributed by atoms with Crippen molar-refractivity contribution in [1.29, 1.82) is 0 Å². The monoisotopic (exact) mass is 237 g/mol. The van der Waals surface area contributed by atoms with Crippen molar-refractivity contribution >= 4 is 23.0 Å². The summed E-state index contributed by atoms with van der Waals surface area (Å²) in [5.41, 5.74) is 8.57. The van der Waals surface area contributed by atoms with Gasteiger partial charge in [0.2, 0.25) is 0 Å². The predicted molar refractivity (Wildman–Crippen MR) is 69.6 cm³/mol. The molecule has 0 fully saturated rings. The third kappa shape index (κ3) is 4.27. The first kappa shape index (κ1) is 12.4. The molecule has 0 saturated carbocycles. The SMILES string of the molecule is C/C(=N\NC(N)=S)C(C)Oc1ccccc1. The van der Waals surface area contributed by atoms with Crippen molar-refractivity contribution in [3.8, 4) is 5.75 Å². The molecule has 1 aromatic rings. The summed E-state index contributed by atoms with van der Waals surface area (Å²) in [5.74, 6) is 0.805. The number of nitrogens with two attached hydrogens (primary N) is 1. The summed E-state index contributed by atoms with van der Waals surface area (Å²) in [6.45, 7) is 3.76. The molecule has 4 nitrogen and oxygen atoms in total. The Bertz CT molecular complexity index is 378. The quantitative estimate of drug-likeness (QED) is 0.475. The molecule has 5 heteroatoms. The molecule has 0 aromatic heterocycles. The molecule has 1 atom stereocenters. The van der Waals surface area contributed by atoms with E-state index in [1.807, 2.05) is 44.2 Å². The standard InChI is InChI=1S/C11H15N3OS/c1-8(13-14-11(12)16)9(2)15-10-6-4-3-5-7-10/h3-7,9H,1-2H3,(H3,12,14,16)/b13-8+. The molecule has 16 heavy (non-hydrogen) atoms. The Balaban J connectivity index is 2.55. The highest BCUT2D eigenvalue weighted by Crippen LogP contribution is 2.11. The Labute approximate surface area is 100 Å². The van der Waals surface area contributed by atoms with Crippen LogP contribution >= 0.6 is 12.2 Å². The third-order valence-corrected chi connectivity index (χ3v) is 2.08. The van der Waals surface area contributed by atoms with Crippen LogP contribution < -0.4 is 15.9 Å². The molecule has 0 saturated heterocycles. The molecule has 0 amide bonds. The lowest BCUT2D eigenvalue weighted by Crippen LogP contribution is -2.29. The minimum atomic E-state index is -0.135. The van der Waals surface area contributed by atoms with Crippen LogP contribution in [0.1, 0.15) is 13.8 Å². The summed E-state index contributed by atoms with van der Waals surface area (Å²) in [5, 5.41) is 4.14. The van der Waals surface area contributed by atoms with Gasteiger partial charge in [0.25, 0.3) is 0 Å². The number of rotatable bonds is 4. The molecule has 0 heterocycles. The lowest BCUT2D eigenvalue weighted by Gasteiger charge is -2.14. The second kappa shape index (κ2) is 6.07. The Kier molecular flexibility index (Phi) is 4.72. The molecule has 86 valence electrons. The van der Waals surface area contributed by atoms with Gasteiger partial charge in [0, 0.05) is 0 Å². The molecule has 0 radical (unpaired) electrons. The normalized spacial score (nSPS) is 13.0. The topological polar surface area (TPSA) is 59.6 Å². The van der Waals surface area contributed by atoms with E-state index in [2.05, 4.69) is 22.7 Å². The molecule has 3 N–H and O–H groups in total. The molecular formula is C11H15N3OS. The van der Waals surface area contributed by atoms with Crippen LogP contribution in [0.15, 0.2) is 35.4 Å². The Hall–Kier alpha value is -1.62. The first-order valence-corrected chi connectivity index (χ1v) is 5.31. The fourth-order valence-electron chi connectivity index (χ4n) is 1.02. The van der Waals surface area contributed by atoms with Crippen LogP contribution in [0, 0.1) is 0 Å². The maximum absolute atomic E-state index is 5.65. The van der Waals surface area contributed by atoms with Crippen LogP contribution in [0.25, 0.3) is 0 Å². The van der Waals surface area contributed by atoms with E-state index in [0.29, 0.717) is 0 Å². The summed E-state index contributed by atoms with van der Waals surface area (Å²) in [6, 6.07) is 9.56. The van der Waals surface area contributed by atoms with Crippen LogP contribution in [0.2, 0.25) is 0 Å². The number of benzene rings is 1. The molecule has 1 rings (SSSR count). The average molecular weight is 237 g/mol. The van der Waals surface area contributed by atoms with Crippen molar-refractivity contribution in [2.75, 3.05) is 0 Å². The van der Waals surface area contributed by atoms with E-state index in [0.717, 1.165) is 11.5 Å². The summed E-state index contributed by atoms with van der Waals surface area (Å²) in [7, 11) is 0. The van der Waals surface area contributed by atoms with E-state index >= 15 is 0 Å². The van der Waals surface area contributed by atoms with E-state index in [9.17, 15) is 0 Å². The van der Waals surface area contributed by atoms with Crippen LogP contribution in [0.5, 0.6) is 5.75 Å². The van der Waals surface area contributed by atoms with Crippen LogP contribution in [0.4, 0.5) is 0 Å². The zero-order chi connectivity index (χ0) is 12.0. The van der Waals surface area contributed by atoms with Crippen molar-refractivity contribution in [3.63, 3.8) is 0 Å². The molecule has 0 bridgehead atoms. The minimum absolute atomic E-state index is 0.135. The number of para-hydroxylation sites is 1. The molecule has 1 unspecified atom stereocenters. The van der Waals surface area contributed by atoms with Gasteiger partial charge in [-0.3, -0.25) is 5.43 Å². The molecular weight excluding hydrogens is 222 g/mol. The summed E-state index contributed by atoms with van der Waals surface area (Å²) in [6.07, 6.45) is -0.135. The van der Waals surface area contributed by atoms with Gasteiger partial charge in [-0.25, -0.2) is 0 Å². The Morgan fingerprint density at radius 1 is 1.44 bits per heavy atom. The van der Waals surface area contributed by atoms with E-state index < -0.39 is 0 Å². The highest BCUT2D eigenvalue weighted by atomic mass is 32.1. The minimum Gasteiger partial charge on any atom is -0.485 e. The lowest BCUT2D eigenvalue weighted by molar-refractivity contribution is 0.286. The Morgan fingerprint density at radius 2 is 2.06 bits per heavy atom. The van der Waals surface area contributed by atoms with Gasteiger partial charge in [-0.2, -0.15) is 5.10 Å². The fourth-order valence-corrected chi connectivity index (χ4v) is 1.07. The first-order valence-electron chi connectivity index (χ1n) is 4.91. The first-order chi connectivity index (χ1) is 7.59. The van der Waals surface area contributed by atoms with E-state index in [1.54, 1.807) is 0 Å². The van der Waals surface area contributed by atoms with E-state index in [-0.39, 0.29) is 11.2 Å². The van der Waals surface area contributed by atoms with Gasteiger partial charge in [-0.15, -0.1) is 0 Å². The van der Waals surface area contributed by atoms with Crippen molar-refractivity contribution in [2.24, 2.45) is 10.8 Å². The van der Waals surface area contributed by atoms with Crippen LogP contribution in [-0.2, 0) is 0 Å². The average Bonchev–Trinajstić information content (AvgIpc) is 2.27. The number of hydrogen-bond donors (Lipinski definition) is 2. The number of nitrogens with zero attached hydrogens (tertiary/aromatic N) is 1. The molecule has 0 aliphatic carbocycles. The predicted octanol–water partition coefficient (Wildman–Crippen LogP) is 1.66. The van der Waals surface area contributed by atoms with Gasteiger partial charge in [0.15, 0.2) is 5.11 Å². The lowest BCUT2D eigenvalue weighted by atomic mass is 10.2. The highest BCUT2D eigenvalue weighted by molar-refractivity contribution is 7.80. The second-order valence-electron chi connectivity index (χ2n) is 3.30. The number of nitrogens with one attached hydrogen (secondary N) is 1. The number of hydrazone groups is 1. The van der Waals surface area contributed by atoms with Crippen molar-refractivity contribution < 1.29 is 4.74 Å². The smallest absolute Gasteiger partial charge is 0.184 e. The third-order valence-electron chi connectivity index (χ3n) is 1.99. The number of hydrogen-bond acceptors (Lipinski definition) is 3. The number of ether oxygens (including phenoxy) is 1. The maximum Gasteiger partial charge on any atom is 0.184 e. The maximum atomic E-state index is 5.65. The van der Waals surface area contributed by atoms with Crippen LogP contribution in [-0.4, -0.2) is 16.9 Å². The summed E-state index contributed by atoms with van der Waals surface area (Å²) in [4.78, 5) is 0. The van der Waals surface area contributed by atoms with Crippen molar-refractivity contribution in [1.82, 2.24) is 5.43 Å². The Morgan fingerprint density at radius 3 is 2.62 bits per heavy atom. The van der Waals surface area contributed by atoms with Gasteiger partial charge in [0.1, 0.15) is 11.9 Å². The summed E-state index contributed by atoms with van der Waals surface area (Å²) < 4.78 is 5.65. The molecule has 1 aromatic carbocycles. The van der Waals surface area contributed by atoms with E-state index in [1.165, 1.54) is 0 Å². The van der Waals surface area contributed by atoms with E-state index in [4.69, 9.17) is 10.5 Å². The van der Waals surface area contributed by atoms with Crippen molar-refractivity contribution in [3.05, 3.63) is 30.3 Å².